The number of anilines is 1. The summed E-state index contributed by atoms with van der Waals surface area (Å²) in [4.78, 5) is 26.3. The van der Waals surface area contributed by atoms with Crippen LogP contribution in [0.25, 0.3) is 16.5 Å². The minimum absolute atomic E-state index is 0.187. The van der Waals surface area contributed by atoms with E-state index < -0.39 is 6.04 Å². The molecule has 6 nitrogen and oxygen atoms in total. The number of amides is 1. The van der Waals surface area contributed by atoms with Crippen molar-refractivity contribution in [3.63, 3.8) is 0 Å². The van der Waals surface area contributed by atoms with Crippen molar-refractivity contribution in [2.24, 2.45) is 0 Å². The SMILES string of the molecule is Cc1ccc(Cl)cc1NC(=O)C(C)n1c(C)c2cnn(-c3ccccc3)c(=O)c2c1C. The fraction of sp³-hybridized carbons (Fsp3) is 0.208. The quantitative estimate of drug-likeness (QED) is 0.493. The number of rotatable bonds is 4. The minimum atomic E-state index is -0.532. The highest BCUT2D eigenvalue weighted by Crippen LogP contribution is 2.28. The lowest BCUT2D eigenvalue weighted by molar-refractivity contribution is -0.118. The van der Waals surface area contributed by atoms with Crippen LogP contribution in [0, 0.1) is 20.8 Å². The van der Waals surface area contributed by atoms with Gasteiger partial charge in [-0.25, -0.2) is 0 Å². The molecule has 4 rings (SSSR count). The van der Waals surface area contributed by atoms with Crippen LogP contribution in [0.1, 0.15) is 29.9 Å². The molecule has 0 radical (unpaired) electrons. The van der Waals surface area contributed by atoms with E-state index >= 15 is 0 Å². The number of hydrogen-bond donors (Lipinski definition) is 1. The Kier molecular flexibility index (Phi) is 5.41. The van der Waals surface area contributed by atoms with Gasteiger partial charge in [-0.2, -0.15) is 9.78 Å². The molecule has 4 aromatic rings. The van der Waals surface area contributed by atoms with Crippen molar-refractivity contribution < 1.29 is 4.79 Å². The van der Waals surface area contributed by atoms with Gasteiger partial charge in [-0.05, 0) is 57.5 Å². The zero-order valence-electron chi connectivity index (χ0n) is 17.8. The number of nitrogens with zero attached hydrogens (tertiary/aromatic N) is 3. The van der Waals surface area contributed by atoms with Crippen LogP contribution in [0.2, 0.25) is 5.02 Å². The molecular weight excluding hydrogens is 412 g/mol. The highest BCUT2D eigenvalue weighted by Gasteiger charge is 2.24. The smallest absolute Gasteiger partial charge is 0.281 e. The molecular formula is C24H23ClN4O2. The Morgan fingerprint density at radius 3 is 2.48 bits per heavy atom. The van der Waals surface area contributed by atoms with Gasteiger partial charge in [0.1, 0.15) is 6.04 Å². The lowest BCUT2D eigenvalue weighted by atomic mass is 10.2. The molecule has 158 valence electrons. The number of halogens is 1. The monoisotopic (exact) mass is 434 g/mol. The molecule has 1 unspecified atom stereocenters. The average Bonchev–Trinajstić information content (AvgIpc) is 3.01. The number of hydrogen-bond acceptors (Lipinski definition) is 3. The topological polar surface area (TPSA) is 68.9 Å². The molecule has 2 heterocycles. The molecule has 2 aromatic heterocycles. The van der Waals surface area contributed by atoms with Crippen molar-refractivity contribution in [2.75, 3.05) is 5.32 Å². The molecule has 0 saturated carbocycles. The average molecular weight is 435 g/mol. The summed E-state index contributed by atoms with van der Waals surface area (Å²) in [7, 11) is 0. The molecule has 0 saturated heterocycles. The van der Waals surface area contributed by atoms with Crippen LogP contribution in [0.3, 0.4) is 0 Å². The molecule has 31 heavy (non-hydrogen) atoms. The van der Waals surface area contributed by atoms with E-state index in [9.17, 15) is 9.59 Å². The third-order valence-electron chi connectivity index (χ3n) is 5.68. The van der Waals surface area contributed by atoms with E-state index in [1.165, 1.54) is 4.68 Å². The van der Waals surface area contributed by atoms with Crippen LogP contribution >= 0.6 is 11.6 Å². The molecule has 0 aliphatic heterocycles. The van der Waals surface area contributed by atoms with E-state index in [1.54, 1.807) is 18.3 Å². The molecule has 0 spiro atoms. The first kappa shape index (κ1) is 20.9. The molecule has 0 aliphatic carbocycles. The van der Waals surface area contributed by atoms with Gasteiger partial charge in [0.2, 0.25) is 5.91 Å². The van der Waals surface area contributed by atoms with E-state index in [0.717, 1.165) is 22.3 Å². The summed E-state index contributed by atoms with van der Waals surface area (Å²) in [6.07, 6.45) is 1.69. The predicted octanol–water partition coefficient (Wildman–Crippen LogP) is 4.97. The summed E-state index contributed by atoms with van der Waals surface area (Å²) in [6.45, 7) is 7.49. The molecule has 1 amide bonds. The van der Waals surface area contributed by atoms with Gasteiger partial charge in [-0.1, -0.05) is 35.9 Å². The number of carbonyl (C=O) groups excluding carboxylic acids is 1. The number of aryl methyl sites for hydroxylation is 3. The summed E-state index contributed by atoms with van der Waals surface area (Å²) in [6, 6.07) is 14.1. The Balaban J connectivity index is 1.77. The lowest BCUT2D eigenvalue weighted by Gasteiger charge is -2.19. The molecule has 1 N–H and O–H groups in total. The first-order chi connectivity index (χ1) is 14.8. The van der Waals surface area contributed by atoms with Gasteiger partial charge in [0.05, 0.1) is 17.3 Å². The molecule has 7 heteroatoms. The van der Waals surface area contributed by atoms with Crippen LogP contribution in [-0.2, 0) is 4.79 Å². The lowest BCUT2D eigenvalue weighted by Crippen LogP contribution is -2.25. The normalized spacial score (nSPS) is 12.2. The van der Waals surface area contributed by atoms with Crippen molar-refractivity contribution in [3.05, 3.63) is 87.1 Å². The van der Waals surface area contributed by atoms with E-state index in [2.05, 4.69) is 10.4 Å². The van der Waals surface area contributed by atoms with Crippen LogP contribution in [-0.4, -0.2) is 20.3 Å². The second kappa shape index (κ2) is 8.04. The van der Waals surface area contributed by atoms with E-state index in [-0.39, 0.29) is 11.5 Å². The molecule has 0 bridgehead atoms. The Morgan fingerprint density at radius 1 is 1.06 bits per heavy atom. The van der Waals surface area contributed by atoms with Crippen molar-refractivity contribution in [2.45, 2.75) is 33.7 Å². The van der Waals surface area contributed by atoms with Crippen LogP contribution in [0.4, 0.5) is 5.69 Å². The Hall–Kier alpha value is -3.38. The zero-order chi connectivity index (χ0) is 22.3. The highest BCUT2D eigenvalue weighted by molar-refractivity contribution is 6.31. The van der Waals surface area contributed by atoms with E-state index in [4.69, 9.17) is 11.6 Å². The van der Waals surface area contributed by atoms with Gasteiger partial charge in [-0.15, -0.1) is 0 Å². The van der Waals surface area contributed by atoms with Gasteiger partial charge < -0.3 is 9.88 Å². The first-order valence-corrected chi connectivity index (χ1v) is 10.4. The summed E-state index contributed by atoms with van der Waals surface area (Å²) < 4.78 is 3.28. The number of nitrogens with one attached hydrogen (secondary N) is 1. The molecule has 2 aromatic carbocycles. The second-order valence-corrected chi connectivity index (χ2v) is 8.09. The van der Waals surface area contributed by atoms with Crippen molar-refractivity contribution in [3.8, 4) is 5.69 Å². The summed E-state index contributed by atoms with van der Waals surface area (Å²) in [5.74, 6) is -0.187. The molecule has 0 aliphatic rings. The van der Waals surface area contributed by atoms with Gasteiger partial charge >= 0.3 is 0 Å². The van der Waals surface area contributed by atoms with Crippen LogP contribution in [0.15, 0.2) is 59.5 Å². The first-order valence-electron chi connectivity index (χ1n) is 10.0. The van der Waals surface area contributed by atoms with E-state index in [1.807, 2.05) is 68.7 Å². The number of para-hydroxylation sites is 1. The number of fused-ring (bicyclic) bond motifs is 1. The maximum Gasteiger partial charge on any atom is 0.281 e. The Morgan fingerprint density at radius 2 is 1.77 bits per heavy atom. The van der Waals surface area contributed by atoms with Gasteiger partial charge in [0.15, 0.2) is 0 Å². The fourth-order valence-electron chi connectivity index (χ4n) is 4.00. The van der Waals surface area contributed by atoms with E-state index in [0.29, 0.717) is 21.8 Å². The number of carbonyl (C=O) groups is 1. The van der Waals surface area contributed by atoms with Crippen molar-refractivity contribution in [1.82, 2.24) is 14.3 Å². The summed E-state index contributed by atoms with van der Waals surface area (Å²) in [5, 5.41) is 9.18. The zero-order valence-corrected chi connectivity index (χ0v) is 18.6. The minimum Gasteiger partial charge on any atom is -0.336 e. The maximum atomic E-state index is 13.3. The maximum absolute atomic E-state index is 13.3. The highest BCUT2D eigenvalue weighted by atomic mass is 35.5. The largest absolute Gasteiger partial charge is 0.336 e. The van der Waals surface area contributed by atoms with Crippen LogP contribution < -0.4 is 10.9 Å². The molecule has 1 atom stereocenters. The van der Waals surface area contributed by atoms with Gasteiger partial charge in [0, 0.05) is 27.5 Å². The third kappa shape index (κ3) is 3.64. The standard InChI is InChI=1S/C24H23ClN4O2/c1-14-10-11-18(25)12-21(14)27-23(30)17(4)28-15(2)20-13-26-29(19-8-6-5-7-9-19)24(31)22(20)16(28)3/h5-13,17H,1-4H3,(H,27,30). The van der Waals surface area contributed by atoms with Crippen molar-refractivity contribution >= 4 is 34.0 Å². The van der Waals surface area contributed by atoms with Crippen molar-refractivity contribution in [1.29, 1.82) is 0 Å². The van der Waals surface area contributed by atoms with Gasteiger partial charge in [0.25, 0.3) is 5.56 Å². The summed E-state index contributed by atoms with van der Waals surface area (Å²) in [5.41, 5.74) is 3.64. The Bertz CT molecular complexity index is 1360. The predicted molar refractivity (Wildman–Crippen MR) is 124 cm³/mol. The third-order valence-corrected chi connectivity index (χ3v) is 5.91. The second-order valence-electron chi connectivity index (χ2n) is 7.65. The number of aromatic nitrogens is 3. The fourth-order valence-corrected chi connectivity index (χ4v) is 4.17. The Labute approximate surface area is 185 Å². The number of benzene rings is 2. The van der Waals surface area contributed by atoms with Crippen LogP contribution in [0.5, 0.6) is 0 Å². The van der Waals surface area contributed by atoms with Gasteiger partial charge in [-0.3, -0.25) is 9.59 Å². The molecule has 0 fully saturated rings. The summed E-state index contributed by atoms with van der Waals surface area (Å²) >= 11 is 6.08.